The van der Waals surface area contributed by atoms with Crippen LogP contribution >= 0.6 is 0 Å². The number of halogens is 1. The highest BCUT2D eigenvalue weighted by Crippen LogP contribution is 2.49. The van der Waals surface area contributed by atoms with Crippen LogP contribution in [0.15, 0.2) is 97.1 Å². The molecule has 2 amide bonds. The summed E-state index contributed by atoms with van der Waals surface area (Å²) < 4.78 is 13.3. The first kappa shape index (κ1) is 19.4. The second-order valence-corrected chi connectivity index (χ2v) is 8.20. The van der Waals surface area contributed by atoms with E-state index in [-0.39, 0.29) is 36.0 Å². The van der Waals surface area contributed by atoms with Crippen molar-refractivity contribution in [3.8, 4) is 0 Å². The maximum Gasteiger partial charge on any atom is 0.234 e. The van der Waals surface area contributed by atoms with Gasteiger partial charge in [-0.15, -0.1) is 0 Å². The molecule has 3 aromatic rings. The van der Waals surface area contributed by atoms with Crippen LogP contribution in [0.4, 0.5) is 4.39 Å². The number of imide groups is 1. The average Bonchev–Trinajstić information content (AvgIpc) is 3.06. The van der Waals surface area contributed by atoms with Gasteiger partial charge in [-0.25, -0.2) is 4.39 Å². The van der Waals surface area contributed by atoms with E-state index in [9.17, 15) is 14.0 Å². The molecule has 0 unspecified atom stereocenters. The van der Waals surface area contributed by atoms with Gasteiger partial charge in [0.05, 0.1) is 18.4 Å². The highest BCUT2D eigenvalue weighted by atomic mass is 19.1. The quantitative estimate of drug-likeness (QED) is 0.444. The van der Waals surface area contributed by atoms with Crippen molar-refractivity contribution >= 4 is 11.8 Å². The second kappa shape index (κ2) is 7.95. The van der Waals surface area contributed by atoms with E-state index < -0.39 is 11.8 Å². The Morgan fingerprint density at radius 3 is 1.55 bits per heavy atom. The van der Waals surface area contributed by atoms with E-state index in [1.165, 1.54) is 17.0 Å². The molecule has 4 atom stereocenters. The fourth-order valence-electron chi connectivity index (χ4n) is 4.92. The molecule has 4 heteroatoms. The van der Waals surface area contributed by atoms with Gasteiger partial charge < -0.3 is 0 Å². The second-order valence-electron chi connectivity index (χ2n) is 8.20. The molecule has 31 heavy (non-hydrogen) atoms. The van der Waals surface area contributed by atoms with Gasteiger partial charge in [-0.1, -0.05) is 84.9 Å². The molecule has 1 saturated heterocycles. The summed E-state index contributed by atoms with van der Waals surface area (Å²) in [4.78, 5) is 28.5. The summed E-state index contributed by atoms with van der Waals surface area (Å²) >= 11 is 0. The molecule has 0 saturated carbocycles. The van der Waals surface area contributed by atoms with E-state index in [1.54, 1.807) is 12.1 Å². The summed E-state index contributed by atoms with van der Waals surface area (Å²) in [7, 11) is 0. The van der Waals surface area contributed by atoms with Gasteiger partial charge in [0.1, 0.15) is 5.82 Å². The number of allylic oxidation sites excluding steroid dienone is 2. The van der Waals surface area contributed by atoms with Crippen LogP contribution in [-0.2, 0) is 16.1 Å². The minimum Gasteiger partial charge on any atom is -0.278 e. The van der Waals surface area contributed by atoms with E-state index in [1.807, 2.05) is 60.7 Å². The number of likely N-dealkylation sites (tertiary alicyclic amines) is 1. The Kier molecular flexibility index (Phi) is 4.99. The number of rotatable bonds is 4. The third-order valence-electron chi connectivity index (χ3n) is 6.41. The first-order chi connectivity index (χ1) is 15.1. The number of benzene rings is 3. The predicted molar refractivity (Wildman–Crippen MR) is 116 cm³/mol. The zero-order valence-electron chi connectivity index (χ0n) is 16.9. The van der Waals surface area contributed by atoms with Crippen molar-refractivity contribution in [2.24, 2.45) is 11.8 Å². The minimum atomic E-state index is -0.453. The first-order valence-electron chi connectivity index (χ1n) is 10.5. The van der Waals surface area contributed by atoms with E-state index >= 15 is 0 Å². The van der Waals surface area contributed by atoms with Crippen LogP contribution in [0.1, 0.15) is 28.5 Å². The monoisotopic (exact) mass is 411 g/mol. The predicted octanol–water partition coefficient (Wildman–Crippen LogP) is 5.06. The fourth-order valence-corrected chi connectivity index (χ4v) is 4.92. The summed E-state index contributed by atoms with van der Waals surface area (Å²) in [6.45, 7) is 0.161. The fraction of sp³-hybridized carbons (Fsp3) is 0.185. The number of hydrogen-bond acceptors (Lipinski definition) is 2. The summed E-state index contributed by atoms with van der Waals surface area (Å²) in [5, 5.41) is 0. The first-order valence-corrected chi connectivity index (χ1v) is 10.5. The zero-order valence-corrected chi connectivity index (χ0v) is 16.9. The van der Waals surface area contributed by atoms with E-state index in [0.29, 0.717) is 0 Å². The Morgan fingerprint density at radius 2 is 1.10 bits per heavy atom. The Morgan fingerprint density at radius 1 is 0.645 bits per heavy atom. The van der Waals surface area contributed by atoms with E-state index in [4.69, 9.17) is 0 Å². The van der Waals surface area contributed by atoms with Crippen molar-refractivity contribution < 1.29 is 14.0 Å². The number of hydrogen-bond donors (Lipinski definition) is 0. The molecule has 1 heterocycles. The maximum atomic E-state index is 13.6. The van der Waals surface area contributed by atoms with Crippen molar-refractivity contribution in [3.63, 3.8) is 0 Å². The molecule has 1 fully saturated rings. The molecular formula is C27H22FNO2. The number of amides is 2. The molecule has 3 aromatic carbocycles. The molecule has 1 aliphatic carbocycles. The van der Waals surface area contributed by atoms with Crippen LogP contribution in [0.2, 0.25) is 0 Å². The van der Waals surface area contributed by atoms with Gasteiger partial charge in [-0.3, -0.25) is 14.5 Å². The zero-order chi connectivity index (χ0) is 21.4. The summed E-state index contributed by atoms with van der Waals surface area (Å²) in [6, 6.07) is 25.7. The van der Waals surface area contributed by atoms with Gasteiger partial charge in [0.2, 0.25) is 11.8 Å². The number of carbonyl (C=O) groups is 2. The summed E-state index contributed by atoms with van der Waals surface area (Å²) in [5.41, 5.74) is 2.80. The molecule has 1 aliphatic heterocycles. The van der Waals surface area contributed by atoms with Crippen LogP contribution in [0.5, 0.6) is 0 Å². The molecule has 0 bridgehead atoms. The lowest BCUT2D eigenvalue weighted by atomic mass is 9.68. The Hall–Kier alpha value is -3.53. The van der Waals surface area contributed by atoms with Gasteiger partial charge in [-0.2, -0.15) is 0 Å². The Balaban J connectivity index is 1.55. The van der Waals surface area contributed by atoms with Gasteiger partial charge >= 0.3 is 0 Å². The van der Waals surface area contributed by atoms with Crippen LogP contribution in [0.3, 0.4) is 0 Å². The smallest absolute Gasteiger partial charge is 0.234 e. The molecule has 5 rings (SSSR count). The SMILES string of the molecule is O=C1[C@@H]2[C@H](C(=O)N1Cc1ccc(F)cc1)[C@H](c1ccccc1)C=C[C@H]2c1ccccc1. The summed E-state index contributed by atoms with van der Waals surface area (Å²) in [6.07, 6.45) is 4.17. The van der Waals surface area contributed by atoms with Crippen molar-refractivity contribution in [3.05, 3.63) is 120 Å². The van der Waals surface area contributed by atoms with Crippen LogP contribution in [-0.4, -0.2) is 16.7 Å². The lowest BCUT2D eigenvalue weighted by Crippen LogP contribution is -2.31. The molecule has 0 aromatic heterocycles. The largest absolute Gasteiger partial charge is 0.278 e. The average molecular weight is 411 g/mol. The molecule has 3 nitrogen and oxygen atoms in total. The van der Waals surface area contributed by atoms with Crippen LogP contribution in [0, 0.1) is 17.7 Å². The van der Waals surface area contributed by atoms with Gasteiger partial charge in [0.25, 0.3) is 0 Å². The molecule has 0 spiro atoms. The minimum absolute atomic E-state index is 0.152. The highest BCUT2D eigenvalue weighted by molar-refractivity contribution is 6.06. The van der Waals surface area contributed by atoms with Crippen molar-refractivity contribution in [2.75, 3.05) is 0 Å². The lowest BCUT2D eigenvalue weighted by molar-refractivity contribution is -0.140. The maximum absolute atomic E-state index is 13.6. The third-order valence-corrected chi connectivity index (χ3v) is 6.41. The topological polar surface area (TPSA) is 37.4 Å². The van der Waals surface area contributed by atoms with Crippen LogP contribution < -0.4 is 0 Å². The van der Waals surface area contributed by atoms with Gasteiger partial charge in [0, 0.05) is 11.8 Å². The molecular weight excluding hydrogens is 389 g/mol. The van der Waals surface area contributed by atoms with Gasteiger partial charge in [0.15, 0.2) is 0 Å². The van der Waals surface area contributed by atoms with Crippen molar-refractivity contribution in [1.82, 2.24) is 4.90 Å². The van der Waals surface area contributed by atoms with E-state index in [0.717, 1.165) is 16.7 Å². The molecule has 0 N–H and O–H groups in total. The molecule has 154 valence electrons. The molecule has 0 radical (unpaired) electrons. The number of nitrogens with zero attached hydrogens (tertiary/aromatic N) is 1. The summed E-state index contributed by atoms with van der Waals surface area (Å²) in [5.74, 6) is -1.86. The van der Waals surface area contributed by atoms with Crippen molar-refractivity contribution in [2.45, 2.75) is 18.4 Å². The molecule has 2 aliphatic rings. The standard InChI is InChI=1S/C27H22FNO2/c28-21-13-11-18(12-14-21)17-29-26(30)24-22(19-7-3-1-4-8-19)15-16-23(25(24)27(29)31)20-9-5-2-6-10-20/h1-16,22-25H,17H2/t22-,23-,24-,25+/m0/s1. The third kappa shape index (κ3) is 3.48. The number of fused-ring (bicyclic) bond motifs is 1. The highest BCUT2D eigenvalue weighted by Gasteiger charge is 2.54. The number of carbonyl (C=O) groups excluding carboxylic acids is 2. The Labute approximate surface area is 180 Å². The lowest BCUT2D eigenvalue weighted by Gasteiger charge is -2.32. The van der Waals surface area contributed by atoms with E-state index in [2.05, 4.69) is 12.2 Å². The Bertz CT molecular complexity index is 1060. The normalized spacial score (nSPS) is 25.0. The van der Waals surface area contributed by atoms with Gasteiger partial charge in [-0.05, 0) is 28.8 Å². The van der Waals surface area contributed by atoms with Crippen LogP contribution in [0.25, 0.3) is 0 Å². The van der Waals surface area contributed by atoms with Crippen molar-refractivity contribution in [1.29, 1.82) is 0 Å².